The van der Waals surface area contributed by atoms with Crippen LogP contribution in [0.15, 0.2) is 18.2 Å². The molecule has 5 nitrogen and oxygen atoms in total. The van der Waals surface area contributed by atoms with Crippen LogP contribution in [0.4, 0.5) is 5.69 Å². The van der Waals surface area contributed by atoms with Gasteiger partial charge in [-0.2, -0.15) is 0 Å². The number of carbonyl (C=O) groups excluding carboxylic acids is 1. The van der Waals surface area contributed by atoms with Gasteiger partial charge < -0.3 is 20.1 Å². The highest BCUT2D eigenvalue weighted by molar-refractivity contribution is 5.77. The number of hydrogen-bond donors (Lipinski definition) is 1. The van der Waals surface area contributed by atoms with E-state index >= 15 is 0 Å². The summed E-state index contributed by atoms with van der Waals surface area (Å²) in [5.41, 5.74) is 7.58. The lowest BCUT2D eigenvalue weighted by atomic mass is 10.1. The molecule has 0 spiro atoms. The van der Waals surface area contributed by atoms with Gasteiger partial charge in [0.25, 0.3) is 0 Å². The number of nitrogens with zero attached hydrogens (tertiary/aromatic N) is 1. The van der Waals surface area contributed by atoms with E-state index in [1.165, 1.54) is 0 Å². The summed E-state index contributed by atoms with van der Waals surface area (Å²) in [5.74, 6) is 0.562. The van der Waals surface area contributed by atoms with Gasteiger partial charge in [0.15, 0.2) is 0 Å². The molecule has 20 heavy (non-hydrogen) atoms. The zero-order chi connectivity index (χ0) is 14.7. The fraction of sp³-hybridized carbons (Fsp3) is 0.533. The van der Waals surface area contributed by atoms with Crippen molar-refractivity contribution in [3.05, 3.63) is 23.8 Å². The van der Waals surface area contributed by atoms with E-state index in [1.807, 2.05) is 43.9 Å². The average molecular weight is 278 g/mol. The Labute approximate surface area is 119 Å². The first-order chi connectivity index (χ1) is 9.49. The Morgan fingerprint density at radius 3 is 2.95 bits per heavy atom. The Morgan fingerprint density at radius 2 is 2.30 bits per heavy atom. The predicted molar refractivity (Wildman–Crippen MR) is 77.9 cm³/mol. The van der Waals surface area contributed by atoms with E-state index in [0.29, 0.717) is 13.1 Å². The predicted octanol–water partition coefficient (Wildman–Crippen LogP) is 1.68. The van der Waals surface area contributed by atoms with Crippen LogP contribution in [0.25, 0.3) is 0 Å². The number of hydrogen-bond acceptors (Lipinski definition) is 5. The summed E-state index contributed by atoms with van der Waals surface area (Å²) in [6, 6.07) is 5.84. The monoisotopic (exact) mass is 278 g/mol. The molecule has 1 atom stereocenters. The third kappa shape index (κ3) is 3.42. The molecule has 0 radical (unpaired) electrons. The van der Waals surface area contributed by atoms with Gasteiger partial charge in [-0.05, 0) is 38.5 Å². The summed E-state index contributed by atoms with van der Waals surface area (Å²) in [6.45, 7) is 7.06. The van der Waals surface area contributed by atoms with Gasteiger partial charge in [-0.15, -0.1) is 0 Å². The van der Waals surface area contributed by atoms with Gasteiger partial charge in [0.2, 0.25) is 0 Å². The topological polar surface area (TPSA) is 64.8 Å². The molecule has 1 unspecified atom stereocenters. The number of benzene rings is 1. The SMILES string of the molecule is CC(C)OC(=O)CN1CC(C)Oc2cc(CN)ccc21. The molecule has 5 heteroatoms. The smallest absolute Gasteiger partial charge is 0.325 e. The molecule has 1 aromatic carbocycles. The van der Waals surface area contributed by atoms with E-state index in [4.69, 9.17) is 15.2 Å². The maximum Gasteiger partial charge on any atom is 0.325 e. The fourth-order valence-electron chi connectivity index (χ4n) is 2.31. The van der Waals surface area contributed by atoms with E-state index in [2.05, 4.69) is 0 Å². The number of anilines is 1. The molecule has 0 aromatic heterocycles. The first-order valence-corrected chi connectivity index (χ1v) is 6.93. The Balaban J connectivity index is 2.17. The second-order valence-corrected chi connectivity index (χ2v) is 5.35. The van der Waals surface area contributed by atoms with E-state index in [1.54, 1.807) is 0 Å². The lowest BCUT2D eigenvalue weighted by Gasteiger charge is -2.34. The van der Waals surface area contributed by atoms with Crippen LogP contribution in [0.5, 0.6) is 5.75 Å². The number of nitrogens with two attached hydrogens (primary N) is 1. The van der Waals surface area contributed by atoms with Gasteiger partial charge in [0.1, 0.15) is 18.4 Å². The maximum absolute atomic E-state index is 11.8. The summed E-state index contributed by atoms with van der Waals surface area (Å²) >= 11 is 0. The molecule has 1 aromatic rings. The summed E-state index contributed by atoms with van der Waals surface area (Å²) in [7, 11) is 0. The highest BCUT2D eigenvalue weighted by Gasteiger charge is 2.25. The van der Waals surface area contributed by atoms with Crippen molar-refractivity contribution < 1.29 is 14.3 Å². The van der Waals surface area contributed by atoms with Crippen LogP contribution >= 0.6 is 0 Å². The van der Waals surface area contributed by atoms with Crippen LogP contribution in [-0.2, 0) is 16.1 Å². The van der Waals surface area contributed by atoms with Gasteiger partial charge in [-0.1, -0.05) is 6.07 Å². The molecule has 110 valence electrons. The molecule has 0 amide bonds. The van der Waals surface area contributed by atoms with E-state index < -0.39 is 0 Å². The molecular weight excluding hydrogens is 256 g/mol. The minimum Gasteiger partial charge on any atom is -0.487 e. The molecule has 2 N–H and O–H groups in total. The number of fused-ring (bicyclic) bond motifs is 1. The first-order valence-electron chi connectivity index (χ1n) is 6.93. The van der Waals surface area contributed by atoms with Crippen molar-refractivity contribution in [1.29, 1.82) is 0 Å². The Bertz CT molecular complexity index is 488. The minimum atomic E-state index is -0.219. The summed E-state index contributed by atoms with van der Waals surface area (Å²) < 4.78 is 11.0. The lowest BCUT2D eigenvalue weighted by molar-refractivity contribution is -0.145. The zero-order valence-electron chi connectivity index (χ0n) is 12.3. The second kappa shape index (κ2) is 6.13. The molecule has 0 saturated heterocycles. The first kappa shape index (κ1) is 14.7. The molecule has 1 aliphatic heterocycles. The average Bonchev–Trinajstić information content (AvgIpc) is 2.36. The van der Waals surface area contributed by atoms with E-state index in [-0.39, 0.29) is 24.7 Å². The molecule has 0 aliphatic carbocycles. The lowest BCUT2D eigenvalue weighted by Crippen LogP contribution is -2.42. The van der Waals surface area contributed by atoms with Crippen molar-refractivity contribution in [3.63, 3.8) is 0 Å². The number of carbonyl (C=O) groups is 1. The Hall–Kier alpha value is -1.75. The maximum atomic E-state index is 11.8. The van der Waals surface area contributed by atoms with Crippen LogP contribution in [-0.4, -0.2) is 31.3 Å². The second-order valence-electron chi connectivity index (χ2n) is 5.35. The molecule has 1 aliphatic rings. The third-order valence-corrected chi connectivity index (χ3v) is 3.09. The van der Waals surface area contributed by atoms with E-state index in [9.17, 15) is 4.79 Å². The van der Waals surface area contributed by atoms with E-state index in [0.717, 1.165) is 17.0 Å². The number of esters is 1. The Kier molecular flexibility index (Phi) is 4.49. The van der Waals surface area contributed by atoms with Gasteiger partial charge in [0, 0.05) is 6.54 Å². The van der Waals surface area contributed by atoms with Gasteiger partial charge in [-0.25, -0.2) is 0 Å². The fourth-order valence-corrected chi connectivity index (χ4v) is 2.31. The molecule has 0 fully saturated rings. The number of rotatable bonds is 4. The molecule has 0 saturated carbocycles. The molecule has 2 rings (SSSR count). The summed E-state index contributed by atoms with van der Waals surface area (Å²) in [6.07, 6.45) is -0.0672. The van der Waals surface area contributed by atoms with Crippen LogP contribution in [0, 0.1) is 0 Å². The van der Waals surface area contributed by atoms with Crippen molar-refractivity contribution in [1.82, 2.24) is 0 Å². The summed E-state index contributed by atoms with van der Waals surface area (Å²) in [5, 5.41) is 0. The van der Waals surface area contributed by atoms with Gasteiger partial charge in [0.05, 0.1) is 18.3 Å². The highest BCUT2D eigenvalue weighted by Crippen LogP contribution is 2.34. The van der Waals surface area contributed by atoms with Crippen molar-refractivity contribution in [3.8, 4) is 5.75 Å². The summed E-state index contributed by atoms with van der Waals surface area (Å²) in [4.78, 5) is 13.8. The normalized spacial score (nSPS) is 17.6. The standard InChI is InChI=1S/C15H22N2O3/c1-10(2)19-15(18)9-17-8-11(3)20-14-6-12(7-16)4-5-13(14)17/h4-6,10-11H,7-9,16H2,1-3H3. The van der Waals surface area contributed by atoms with Gasteiger partial charge in [-0.3, -0.25) is 4.79 Å². The van der Waals surface area contributed by atoms with Crippen molar-refractivity contribution in [2.24, 2.45) is 5.73 Å². The van der Waals surface area contributed by atoms with Crippen molar-refractivity contribution in [2.75, 3.05) is 18.0 Å². The van der Waals surface area contributed by atoms with Crippen LogP contribution in [0.1, 0.15) is 26.3 Å². The van der Waals surface area contributed by atoms with Crippen molar-refractivity contribution in [2.45, 2.75) is 39.5 Å². The van der Waals surface area contributed by atoms with Crippen molar-refractivity contribution >= 4 is 11.7 Å². The highest BCUT2D eigenvalue weighted by atomic mass is 16.5. The van der Waals surface area contributed by atoms with Crippen LogP contribution in [0.2, 0.25) is 0 Å². The number of ether oxygens (including phenoxy) is 2. The quantitative estimate of drug-likeness (QED) is 0.849. The zero-order valence-corrected chi connectivity index (χ0v) is 12.3. The largest absolute Gasteiger partial charge is 0.487 e. The minimum absolute atomic E-state index is 0.0300. The van der Waals surface area contributed by atoms with Crippen LogP contribution < -0.4 is 15.4 Å². The molecule has 1 heterocycles. The van der Waals surface area contributed by atoms with Crippen LogP contribution in [0.3, 0.4) is 0 Å². The van der Waals surface area contributed by atoms with Gasteiger partial charge >= 0.3 is 5.97 Å². The molecule has 0 bridgehead atoms. The molecular formula is C15H22N2O3. The Morgan fingerprint density at radius 1 is 1.55 bits per heavy atom. The third-order valence-electron chi connectivity index (χ3n) is 3.09.